The van der Waals surface area contributed by atoms with Crippen LogP contribution >= 0.6 is 15.9 Å². The third kappa shape index (κ3) is 4.00. The summed E-state index contributed by atoms with van der Waals surface area (Å²) in [4.78, 5) is 0. The Labute approximate surface area is 113 Å². The van der Waals surface area contributed by atoms with Crippen LogP contribution in [0.2, 0.25) is 0 Å². The number of hydrogen-bond acceptors (Lipinski definition) is 2. The molecule has 0 unspecified atom stereocenters. The van der Waals surface area contributed by atoms with Crippen molar-refractivity contribution in [1.82, 2.24) is 5.32 Å². The van der Waals surface area contributed by atoms with Crippen molar-refractivity contribution in [3.63, 3.8) is 0 Å². The number of likely N-dealkylation sites (N-methyl/N-ethyl adjacent to an activating group) is 1. The van der Waals surface area contributed by atoms with Crippen LogP contribution in [0.5, 0.6) is 5.75 Å². The van der Waals surface area contributed by atoms with Crippen molar-refractivity contribution in [2.75, 3.05) is 20.2 Å². The lowest BCUT2D eigenvalue weighted by Gasteiger charge is -2.24. The summed E-state index contributed by atoms with van der Waals surface area (Å²) in [6, 6.07) is 4.28. The van der Waals surface area contributed by atoms with Gasteiger partial charge >= 0.3 is 0 Å². The highest BCUT2D eigenvalue weighted by molar-refractivity contribution is 9.10. The van der Waals surface area contributed by atoms with Crippen molar-refractivity contribution >= 4 is 15.9 Å². The van der Waals surface area contributed by atoms with Crippen LogP contribution in [0.4, 0.5) is 0 Å². The maximum Gasteiger partial charge on any atom is 0.123 e. The molecule has 1 rings (SSSR count). The molecule has 0 aromatic heterocycles. The zero-order chi connectivity index (χ0) is 13.1. The van der Waals surface area contributed by atoms with Gasteiger partial charge in [0.25, 0.3) is 0 Å². The topological polar surface area (TPSA) is 21.3 Å². The van der Waals surface area contributed by atoms with Crippen LogP contribution < -0.4 is 10.1 Å². The van der Waals surface area contributed by atoms with E-state index in [2.05, 4.69) is 61.1 Å². The van der Waals surface area contributed by atoms with Gasteiger partial charge in [-0.05, 0) is 37.1 Å². The molecular formula is C14H22BrNO. The molecule has 0 heterocycles. The van der Waals surface area contributed by atoms with Gasteiger partial charge in [-0.15, -0.1) is 0 Å². The van der Waals surface area contributed by atoms with E-state index in [9.17, 15) is 0 Å². The molecular weight excluding hydrogens is 278 g/mol. The predicted molar refractivity (Wildman–Crippen MR) is 77.0 cm³/mol. The van der Waals surface area contributed by atoms with Crippen LogP contribution in [-0.4, -0.2) is 20.2 Å². The molecule has 0 aliphatic heterocycles. The zero-order valence-corrected chi connectivity index (χ0v) is 12.9. The number of aryl methyl sites for hydroxylation is 1. The summed E-state index contributed by atoms with van der Waals surface area (Å²) in [5.74, 6) is 0.994. The van der Waals surface area contributed by atoms with E-state index in [1.165, 1.54) is 11.1 Å². The van der Waals surface area contributed by atoms with Crippen LogP contribution in [0, 0.1) is 6.92 Å². The second kappa shape index (κ2) is 5.87. The molecule has 0 aliphatic rings. The summed E-state index contributed by atoms with van der Waals surface area (Å²) in [7, 11) is 1.93. The smallest absolute Gasteiger partial charge is 0.123 e. The Morgan fingerprint density at radius 1 is 1.29 bits per heavy atom. The number of halogens is 1. The number of hydrogen-bond donors (Lipinski definition) is 1. The number of benzene rings is 1. The van der Waals surface area contributed by atoms with E-state index in [0.717, 1.165) is 16.8 Å². The third-order valence-electron chi connectivity index (χ3n) is 2.68. The summed E-state index contributed by atoms with van der Waals surface area (Å²) in [6.45, 7) is 10.2. The van der Waals surface area contributed by atoms with Crippen LogP contribution in [0.1, 0.15) is 31.9 Å². The summed E-state index contributed by atoms with van der Waals surface area (Å²) in [5.41, 5.74) is 2.54. The Hall–Kier alpha value is -0.540. The molecule has 2 nitrogen and oxygen atoms in total. The number of ether oxygens (including phenoxy) is 1. The monoisotopic (exact) mass is 299 g/mol. The Bertz CT molecular complexity index is 383. The minimum Gasteiger partial charge on any atom is -0.492 e. The molecule has 1 aromatic carbocycles. The molecule has 0 amide bonds. The number of nitrogens with one attached hydrogen (secondary N) is 1. The van der Waals surface area contributed by atoms with Crippen LogP contribution in [0.15, 0.2) is 16.6 Å². The van der Waals surface area contributed by atoms with Gasteiger partial charge in [0, 0.05) is 16.6 Å². The standard InChI is InChI=1S/C14H22BrNO/c1-10-8-13(17-7-6-16-5)11(9-12(10)15)14(2,3)4/h8-9,16H,6-7H2,1-5H3. The fraction of sp³-hybridized carbons (Fsp3) is 0.571. The van der Waals surface area contributed by atoms with E-state index >= 15 is 0 Å². The van der Waals surface area contributed by atoms with Gasteiger partial charge in [-0.1, -0.05) is 36.7 Å². The molecule has 0 radical (unpaired) electrons. The van der Waals surface area contributed by atoms with Crippen molar-refractivity contribution < 1.29 is 4.74 Å². The van der Waals surface area contributed by atoms with Gasteiger partial charge in [-0.25, -0.2) is 0 Å². The Kier molecular flexibility index (Phi) is 5.02. The van der Waals surface area contributed by atoms with E-state index < -0.39 is 0 Å². The molecule has 0 aliphatic carbocycles. The predicted octanol–water partition coefficient (Wildman–Crippen LogP) is 3.65. The first-order chi connectivity index (χ1) is 7.86. The molecule has 1 aromatic rings. The lowest BCUT2D eigenvalue weighted by atomic mass is 9.86. The van der Waals surface area contributed by atoms with Crippen LogP contribution in [-0.2, 0) is 5.41 Å². The Morgan fingerprint density at radius 3 is 2.47 bits per heavy atom. The van der Waals surface area contributed by atoms with Crippen molar-refractivity contribution in [3.05, 3.63) is 27.7 Å². The average Bonchev–Trinajstić information content (AvgIpc) is 2.21. The van der Waals surface area contributed by atoms with Crippen molar-refractivity contribution in [1.29, 1.82) is 0 Å². The van der Waals surface area contributed by atoms with E-state index in [-0.39, 0.29) is 5.41 Å². The van der Waals surface area contributed by atoms with E-state index in [0.29, 0.717) is 6.61 Å². The van der Waals surface area contributed by atoms with Gasteiger partial charge in [0.1, 0.15) is 12.4 Å². The van der Waals surface area contributed by atoms with Crippen LogP contribution in [0.25, 0.3) is 0 Å². The molecule has 0 spiro atoms. The second-order valence-electron chi connectivity index (χ2n) is 5.30. The minimum atomic E-state index is 0.0885. The lowest BCUT2D eigenvalue weighted by Crippen LogP contribution is -2.19. The summed E-state index contributed by atoms with van der Waals surface area (Å²) < 4.78 is 7.00. The lowest BCUT2D eigenvalue weighted by molar-refractivity contribution is 0.309. The van der Waals surface area contributed by atoms with E-state index in [4.69, 9.17) is 4.74 Å². The van der Waals surface area contributed by atoms with Gasteiger partial charge in [-0.3, -0.25) is 0 Å². The first-order valence-corrected chi connectivity index (χ1v) is 6.73. The normalized spacial score (nSPS) is 11.6. The van der Waals surface area contributed by atoms with Gasteiger partial charge in [0.2, 0.25) is 0 Å². The first-order valence-electron chi connectivity index (χ1n) is 5.94. The first kappa shape index (κ1) is 14.5. The maximum atomic E-state index is 5.86. The summed E-state index contributed by atoms with van der Waals surface area (Å²) >= 11 is 3.59. The Morgan fingerprint density at radius 2 is 1.94 bits per heavy atom. The number of rotatable bonds is 4. The van der Waals surface area contributed by atoms with Crippen molar-refractivity contribution in [2.24, 2.45) is 0 Å². The highest BCUT2D eigenvalue weighted by Crippen LogP contribution is 2.35. The summed E-state index contributed by atoms with van der Waals surface area (Å²) in [6.07, 6.45) is 0. The molecule has 3 heteroatoms. The van der Waals surface area contributed by atoms with Gasteiger partial charge < -0.3 is 10.1 Å². The minimum absolute atomic E-state index is 0.0885. The van der Waals surface area contributed by atoms with E-state index in [1.54, 1.807) is 0 Å². The average molecular weight is 300 g/mol. The fourth-order valence-electron chi connectivity index (χ4n) is 1.62. The Balaban J connectivity index is 3.04. The molecule has 0 saturated heterocycles. The van der Waals surface area contributed by atoms with Gasteiger partial charge in [0.05, 0.1) is 0 Å². The van der Waals surface area contributed by atoms with Gasteiger partial charge in [0.15, 0.2) is 0 Å². The highest BCUT2D eigenvalue weighted by Gasteiger charge is 2.20. The SMILES string of the molecule is CNCCOc1cc(C)c(Br)cc1C(C)(C)C. The zero-order valence-electron chi connectivity index (χ0n) is 11.4. The highest BCUT2D eigenvalue weighted by atomic mass is 79.9. The molecule has 0 bridgehead atoms. The molecule has 0 atom stereocenters. The van der Waals surface area contributed by atoms with Gasteiger partial charge in [-0.2, -0.15) is 0 Å². The maximum absolute atomic E-state index is 5.86. The van der Waals surface area contributed by atoms with Crippen molar-refractivity contribution in [3.8, 4) is 5.75 Å². The molecule has 0 fully saturated rings. The third-order valence-corrected chi connectivity index (χ3v) is 3.53. The summed E-state index contributed by atoms with van der Waals surface area (Å²) in [5, 5.41) is 3.09. The van der Waals surface area contributed by atoms with E-state index in [1.807, 2.05) is 7.05 Å². The molecule has 1 N–H and O–H groups in total. The quantitative estimate of drug-likeness (QED) is 0.857. The molecule has 0 saturated carbocycles. The fourth-order valence-corrected chi connectivity index (χ4v) is 1.97. The molecule has 17 heavy (non-hydrogen) atoms. The van der Waals surface area contributed by atoms with Crippen LogP contribution in [0.3, 0.4) is 0 Å². The second-order valence-corrected chi connectivity index (χ2v) is 6.15. The molecule has 96 valence electrons. The largest absolute Gasteiger partial charge is 0.492 e. The van der Waals surface area contributed by atoms with Crippen molar-refractivity contribution in [2.45, 2.75) is 33.1 Å².